The van der Waals surface area contributed by atoms with E-state index in [4.69, 9.17) is 10.7 Å². The van der Waals surface area contributed by atoms with E-state index < -0.39 is 0 Å². The second-order valence-electron chi connectivity index (χ2n) is 6.33. The van der Waals surface area contributed by atoms with Gasteiger partial charge in [0.05, 0.1) is 16.4 Å². The molecule has 0 atom stereocenters. The molecule has 0 saturated carbocycles. The molecule has 0 spiro atoms. The van der Waals surface area contributed by atoms with Gasteiger partial charge in [0.2, 0.25) is 0 Å². The Kier molecular flexibility index (Phi) is 6.62. The Balaban J connectivity index is 1.59. The molecule has 2 aromatic heterocycles. The zero-order valence-corrected chi connectivity index (χ0v) is 18.3. The van der Waals surface area contributed by atoms with Gasteiger partial charge in [-0.05, 0) is 40.2 Å². The number of aromatic nitrogens is 3. The van der Waals surface area contributed by atoms with Gasteiger partial charge in [0.1, 0.15) is 5.82 Å². The van der Waals surface area contributed by atoms with E-state index in [2.05, 4.69) is 31.8 Å². The van der Waals surface area contributed by atoms with Gasteiger partial charge < -0.3 is 11.1 Å². The molecule has 10 heteroatoms. The number of rotatable bonds is 8. The Hall–Kier alpha value is -2.47. The fraction of sp³-hybridized carbons (Fsp3) is 0.100. The van der Waals surface area contributed by atoms with Crippen LogP contribution >= 0.6 is 27.9 Å². The first-order valence-electron chi connectivity index (χ1n) is 9.21. The minimum absolute atomic E-state index is 0.440. The summed E-state index contributed by atoms with van der Waals surface area (Å²) in [6.07, 6.45) is 1.73. The smallest absolute Gasteiger partial charge is 0.172 e. The van der Waals surface area contributed by atoms with E-state index in [1.807, 2.05) is 60.7 Å². The monoisotopic (exact) mass is 485 g/mol. The van der Waals surface area contributed by atoms with Gasteiger partial charge in [-0.1, -0.05) is 34.9 Å². The predicted octanol–water partition coefficient (Wildman–Crippen LogP) is 4.06. The zero-order chi connectivity index (χ0) is 20.9. The second kappa shape index (κ2) is 9.56. The number of nitrogens with zero attached hydrogens (tertiary/aromatic N) is 4. The van der Waals surface area contributed by atoms with Crippen LogP contribution in [0.5, 0.6) is 0 Å². The van der Waals surface area contributed by atoms with Crippen LogP contribution in [0.3, 0.4) is 0 Å². The lowest BCUT2D eigenvalue weighted by molar-refractivity contribution is -0.0307. The third-order valence-electron chi connectivity index (χ3n) is 4.21. The van der Waals surface area contributed by atoms with Crippen LogP contribution in [0.25, 0.3) is 16.9 Å². The number of hydrogen-bond acceptors (Lipinski definition) is 8. The van der Waals surface area contributed by atoms with Crippen molar-refractivity contribution in [1.82, 2.24) is 24.6 Å². The first kappa shape index (κ1) is 20.8. The highest BCUT2D eigenvalue weighted by Crippen LogP contribution is 2.28. The summed E-state index contributed by atoms with van der Waals surface area (Å²) >= 11 is 4.69. The third kappa shape index (κ3) is 4.81. The van der Waals surface area contributed by atoms with E-state index in [-0.39, 0.29) is 0 Å². The molecule has 0 unspecified atom stereocenters. The van der Waals surface area contributed by atoms with Crippen molar-refractivity contribution in [3.05, 3.63) is 71.3 Å². The number of benzene rings is 2. The molecule has 0 aliphatic heterocycles. The summed E-state index contributed by atoms with van der Waals surface area (Å²) in [6, 6.07) is 19.7. The lowest BCUT2D eigenvalue weighted by atomic mass is 10.1. The summed E-state index contributed by atoms with van der Waals surface area (Å²) in [6.45, 7) is 0.930. The topological polar surface area (TPSA) is 104 Å². The Labute approximate surface area is 186 Å². The van der Waals surface area contributed by atoms with Crippen LogP contribution in [0.1, 0.15) is 0 Å². The summed E-state index contributed by atoms with van der Waals surface area (Å²) in [4.78, 5) is 5.61. The maximum absolute atomic E-state index is 9.79. The van der Waals surface area contributed by atoms with Crippen molar-refractivity contribution in [2.45, 2.75) is 4.90 Å². The molecular formula is C20H20BrN7OS. The van der Waals surface area contributed by atoms with Crippen LogP contribution < -0.4 is 16.5 Å². The first-order valence-corrected chi connectivity index (χ1v) is 10.8. The van der Waals surface area contributed by atoms with Crippen LogP contribution in [0.4, 0.5) is 11.5 Å². The van der Waals surface area contributed by atoms with Gasteiger partial charge in [-0.15, -0.1) is 0 Å². The third-order valence-corrected chi connectivity index (χ3v) is 5.55. The molecule has 2 heterocycles. The highest BCUT2D eigenvalue weighted by molar-refractivity contribution is 9.10. The highest BCUT2D eigenvalue weighted by atomic mass is 79.9. The number of anilines is 2. The normalized spacial score (nSPS) is 11.3. The fourth-order valence-corrected chi connectivity index (χ4v) is 3.78. The number of hydrogen-bond donors (Lipinski definition) is 4. The number of nitrogens with two attached hydrogens (primary N) is 1. The number of nitrogens with one attached hydrogen (secondary N) is 2. The van der Waals surface area contributed by atoms with Gasteiger partial charge in [0.15, 0.2) is 5.65 Å². The fourth-order valence-electron chi connectivity index (χ4n) is 2.82. The largest absolute Gasteiger partial charge is 0.340 e. The quantitative estimate of drug-likeness (QED) is 0.218. The predicted molar refractivity (Wildman–Crippen MR) is 122 cm³/mol. The summed E-state index contributed by atoms with van der Waals surface area (Å²) in [7, 11) is 0. The molecule has 5 N–H and O–H groups in total. The summed E-state index contributed by atoms with van der Waals surface area (Å²) in [5.41, 5.74) is 11.7. The van der Waals surface area contributed by atoms with Crippen LogP contribution in [0.15, 0.2) is 76.2 Å². The highest BCUT2D eigenvalue weighted by Gasteiger charge is 2.12. The molecule has 0 saturated heterocycles. The average molecular weight is 486 g/mol. The molecule has 0 amide bonds. The van der Waals surface area contributed by atoms with Crippen molar-refractivity contribution >= 4 is 45.0 Å². The van der Waals surface area contributed by atoms with Crippen LogP contribution in [0.2, 0.25) is 0 Å². The lowest BCUT2D eigenvalue weighted by Gasteiger charge is -2.14. The Morgan fingerprint density at radius 1 is 1.13 bits per heavy atom. The molecule has 0 aliphatic carbocycles. The Bertz CT molecular complexity index is 1120. The van der Waals surface area contributed by atoms with E-state index >= 15 is 0 Å². The van der Waals surface area contributed by atoms with E-state index in [1.165, 1.54) is 0 Å². The molecule has 0 bridgehead atoms. The minimum Gasteiger partial charge on any atom is -0.340 e. The van der Waals surface area contributed by atoms with Gasteiger partial charge in [0.25, 0.3) is 0 Å². The molecular weight excluding hydrogens is 466 g/mol. The van der Waals surface area contributed by atoms with Crippen molar-refractivity contribution < 1.29 is 5.21 Å². The van der Waals surface area contributed by atoms with E-state index in [1.54, 1.807) is 10.7 Å². The molecule has 0 radical (unpaired) electrons. The van der Waals surface area contributed by atoms with Gasteiger partial charge in [0, 0.05) is 47.3 Å². The van der Waals surface area contributed by atoms with Crippen molar-refractivity contribution in [2.75, 3.05) is 18.4 Å². The van der Waals surface area contributed by atoms with Crippen molar-refractivity contribution in [2.24, 2.45) is 5.73 Å². The number of fused-ring (bicyclic) bond motifs is 1. The zero-order valence-electron chi connectivity index (χ0n) is 15.9. The SMILES string of the molecule is NCCNN(O)Sc1ccc(Nc2cc(-c3ccccc3)nc3c(Br)cnn23)cc1. The second-order valence-corrected chi connectivity index (χ2v) is 8.19. The summed E-state index contributed by atoms with van der Waals surface area (Å²) in [5, 5.41) is 17.6. The maximum atomic E-state index is 9.79. The van der Waals surface area contributed by atoms with Crippen LogP contribution in [-0.4, -0.2) is 37.5 Å². The van der Waals surface area contributed by atoms with Gasteiger partial charge in [-0.2, -0.15) is 9.61 Å². The van der Waals surface area contributed by atoms with E-state index in [0.717, 1.165) is 54.3 Å². The minimum atomic E-state index is 0.440. The van der Waals surface area contributed by atoms with Crippen LogP contribution in [0, 0.1) is 0 Å². The molecule has 4 aromatic rings. The molecule has 8 nitrogen and oxygen atoms in total. The summed E-state index contributed by atoms with van der Waals surface area (Å²) in [5.74, 6) is 0.790. The molecule has 4 rings (SSSR count). The number of hydrazine groups is 1. The Morgan fingerprint density at radius 3 is 2.63 bits per heavy atom. The van der Waals surface area contributed by atoms with E-state index in [9.17, 15) is 5.21 Å². The maximum Gasteiger partial charge on any atom is 0.172 e. The molecule has 30 heavy (non-hydrogen) atoms. The average Bonchev–Trinajstić information content (AvgIpc) is 3.15. The first-order chi connectivity index (χ1) is 14.6. The lowest BCUT2D eigenvalue weighted by Crippen LogP contribution is -2.33. The summed E-state index contributed by atoms with van der Waals surface area (Å²) < 4.78 is 3.53. The van der Waals surface area contributed by atoms with Gasteiger partial charge >= 0.3 is 0 Å². The van der Waals surface area contributed by atoms with Gasteiger partial charge in [-0.3, -0.25) is 5.21 Å². The standard InChI is InChI=1S/C20H20BrN7OS/c21-17-13-24-27-19(12-18(26-20(17)27)14-4-2-1-3-5-14)25-15-6-8-16(9-7-15)30-28(29)23-11-10-22/h1-9,12-13,23,25,29H,10-11,22H2. The number of halogens is 1. The van der Waals surface area contributed by atoms with Crippen molar-refractivity contribution in [3.8, 4) is 11.3 Å². The Morgan fingerprint density at radius 2 is 1.90 bits per heavy atom. The van der Waals surface area contributed by atoms with Crippen molar-refractivity contribution in [1.29, 1.82) is 0 Å². The molecule has 0 aliphatic rings. The van der Waals surface area contributed by atoms with E-state index in [0.29, 0.717) is 13.1 Å². The molecule has 154 valence electrons. The molecule has 0 fully saturated rings. The molecule has 2 aromatic carbocycles. The van der Waals surface area contributed by atoms with Gasteiger partial charge in [-0.25, -0.2) is 10.4 Å². The van der Waals surface area contributed by atoms with Crippen molar-refractivity contribution in [3.63, 3.8) is 0 Å². The van der Waals surface area contributed by atoms with Crippen LogP contribution in [-0.2, 0) is 0 Å².